The molecule has 2 nitrogen and oxygen atoms in total. The zero-order valence-corrected chi connectivity index (χ0v) is 12.7. The van der Waals surface area contributed by atoms with Crippen LogP contribution in [0.5, 0.6) is 5.75 Å². The maximum Gasteiger partial charge on any atom is 0.118 e. The fourth-order valence-electron chi connectivity index (χ4n) is 1.91. The normalized spacial score (nSPS) is 14.2. The molecule has 0 aliphatic heterocycles. The zero-order chi connectivity index (χ0) is 13.4. The second-order valence-corrected chi connectivity index (χ2v) is 6.21. The van der Waals surface area contributed by atoms with Gasteiger partial charge in [0.15, 0.2) is 0 Å². The summed E-state index contributed by atoms with van der Waals surface area (Å²) in [6.07, 6.45) is 2.39. The van der Waals surface area contributed by atoms with Gasteiger partial charge in [0.25, 0.3) is 0 Å². The molecule has 0 aromatic heterocycles. The Morgan fingerprint density at radius 1 is 1.22 bits per heavy atom. The van der Waals surface area contributed by atoms with Crippen LogP contribution >= 0.6 is 11.8 Å². The monoisotopic (exact) mass is 267 g/mol. The number of rotatable bonds is 8. The highest BCUT2D eigenvalue weighted by Gasteiger charge is 2.09. The van der Waals surface area contributed by atoms with Crippen LogP contribution in [0.4, 0.5) is 0 Å². The van der Waals surface area contributed by atoms with Crippen molar-refractivity contribution in [2.24, 2.45) is 0 Å². The van der Waals surface area contributed by atoms with Crippen LogP contribution in [0, 0.1) is 0 Å². The van der Waals surface area contributed by atoms with Gasteiger partial charge in [0, 0.05) is 16.2 Å². The van der Waals surface area contributed by atoms with Crippen molar-refractivity contribution >= 4 is 11.8 Å². The van der Waals surface area contributed by atoms with E-state index >= 15 is 0 Å². The van der Waals surface area contributed by atoms with Crippen molar-refractivity contribution in [2.75, 3.05) is 13.7 Å². The van der Waals surface area contributed by atoms with E-state index in [0.717, 1.165) is 12.3 Å². The molecule has 0 heterocycles. The molecule has 3 heteroatoms. The third kappa shape index (κ3) is 5.78. The van der Waals surface area contributed by atoms with Gasteiger partial charge in [-0.15, -0.1) is 11.8 Å². The van der Waals surface area contributed by atoms with Crippen molar-refractivity contribution in [3.05, 3.63) is 24.3 Å². The van der Waals surface area contributed by atoms with Crippen LogP contribution in [0.25, 0.3) is 0 Å². The van der Waals surface area contributed by atoms with Crippen molar-refractivity contribution in [1.29, 1.82) is 0 Å². The molecule has 0 aliphatic carbocycles. The van der Waals surface area contributed by atoms with Crippen molar-refractivity contribution in [3.63, 3.8) is 0 Å². The Morgan fingerprint density at radius 3 is 2.44 bits per heavy atom. The Bertz CT molecular complexity index is 326. The van der Waals surface area contributed by atoms with Gasteiger partial charge < -0.3 is 10.1 Å². The first-order valence-electron chi connectivity index (χ1n) is 6.69. The van der Waals surface area contributed by atoms with Gasteiger partial charge in [0.1, 0.15) is 5.75 Å². The number of thioether (sulfide) groups is 1. The van der Waals surface area contributed by atoms with Gasteiger partial charge in [-0.25, -0.2) is 0 Å². The van der Waals surface area contributed by atoms with Crippen molar-refractivity contribution in [1.82, 2.24) is 5.32 Å². The predicted molar refractivity (Wildman–Crippen MR) is 80.7 cm³/mol. The minimum Gasteiger partial charge on any atom is -0.497 e. The summed E-state index contributed by atoms with van der Waals surface area (Å²) in [7, 11) is 1.70. The summed E-state index contributed by atoms with van der Waals surface area (Å²) >= 11 is 1.93. The number of hydrogen-bond acceptors (Lipinski definition) is 3. The van der Waals surface area contributed by atoms with Crippen LogP contribution < -0.4 is 10.1 Å². The summed E-state index contributed by atoms with van der Waals surface area (Å²) in [5.41, 5.74) is 0. The zero-order valence-electron chi connectivity index (χ0n) is 11.9. The van der Waals surface area contributed by atoms with Crippen molar-refractivity contribution < 1.29 is 4.74 Å². The minimum absolute atomic E-state index is 0.589. The first-order valence-corrected chi connectivity index (χ1v) is 7.57. The smallest absolute Gasteiger partial charge is 0.118 e. The van der Waals surface area contributed by atoms with Gasteiger partial charge in [0.05, 0.1) is 7.11 Å². The van der Waals surface area contributed by atoms with Crippen LogP contribution in [0.1, 0.15) is 33.6 Å². The largest absolute Gasteiger partial charge is 0.497 e. The molecule has 1 aromatic carbocycles. The summed E-state index contributed by atoms with van der Waals surface area (Å²) in [6.45, 7) is 7.87. The molecule has 0 spiro atoms. The van der Waals surface area contributed by atoms with Gasteiger partial charge >= 0.3 is 0 Å². The molecule has 0 saturated carbocycles. The standard InChI is InChI=1S/C15H25NOS/c1-5-10-16-12(2)11-13(3)18-15-8-6-14(17-4)7-9-15/h6-9,12-13,16H,5,10-11H2,1-4H3. The Morgan fingerprint density at radius 2 is 1.89 bits per heavy atom. The van der Waals surface area contributed by atoms with Gasteiger partial charge in [-0.1, -0.05) is 13.8 Å². The van der Waals surface area contributed by atoms with Crippen LogP contribution in [0.3, 0.4) is 0 Å². The molecule has 1 N–H and O–H groups in total. The van der Waals surface area contributed by atoms with Crippen LogP contribution in [0.15, 0.2) is 29.2 Å². The van der Waals surface area contributed by atoms with Gasteiger partial charge in [-0.3, -0.25) is 0 Å². The minimum atomic E-state index is 0.589. The molecule has 102 valence electrons. The average Bonchev–Trinajstić information content (AvgIpc) is 2.37. The summed E-state index contributed by atoms with van der Waals surface area (Å²) in [5.74, 6) is 0.921. The lowest BCUT2D eigenvalue weighted by Crippen LogP contribution is -2.29. The lowest BCUT2D eigenvalue weighted by atomic mass is 10.2. The molecule has 1 aromatic rings. The summed E-state index contributed by atoms with van der Waals surface area (Å²) in [4.78, 5) is 1.31. The number of hydrogen-bond donors (Lipinski definition) is 1. The molecule has 0 amide bonds. The second-order valence-electron chi connectivity index (χ2n) is 4.69. The Balaban J connectivity index is 2.36. The number of ether oxygens (including phenoxy) is 1. The number of benzene rings is 1. The SMILES string of the molecule is CCCNC(C)CC(C)Sc1ccc(OC)cc1. The second kappa shape index (κ2) is 8.44. The molecular formula is C15H25NOS. The predicted octanol–water partition coefficient (Wildman–Crippen LogP) is 3.95. The van der Waals surface area contributed by atoms with E-state index in [4.69, 9.17) is 4.74 Å². The van der Waals surface area contributed by atoms with Crippen LogP contribution in [0.2, 0.25) is 0 Å². The van der Waals surface area contributed by atoms with E-state index in [0.29, 0.717) is 11.3 Å². The fraction of sp³-hybridized carbons (Fsp3) is 0.600. The van der Waals surface area contributed by atoms with E-state index in [9.17, 15) is 0 Å². The highest BCUT2D eigenvalue weighted by molar-refractivity contribution is 7.99. The van der Waals surface area contributed by atoms with Gasteiger partial charge in [0.2, 0.25) is 0 Å². The summed E-state index contributed by atoms with van der Waals surface area (Å²) in [6, 6.07) is 8.89. The third-order valence-electron chi connectivity index (χ3n) is 2.82. The van der Waals surface area contributed by atoms with Crippen molar-refractivity contribution in [2.45, 2.75) is 49.8 Å². The molecule has 1 rings (SSSR count). The third-order valence-corrected chi connectivity index (χ3v) is 3.96. The maximum absolute atomic E-state index is 5.16. The summed E-state index contributed by atoms with van der Waals surface area (Å²) in [5, 5.41) is 4.16. The summed E-state index contributed by atoms with van der Waals surface area (Å²) < 4.78 is 5.16. The van der Waals surface area contributed by atoms with E-state index in [2.05, 4.69) is 38.2 Å². The highest BCUT2D eigenvalue weighted by Crippen LogP contribution is 2.27. The maximum atomic E-state index is 5.16. The van der Waals surface area contributed by atoms with Gasteiger partial charge in [-0.05, 0) is 50.6 Å². The molecule has 2 atom stereocenters. The Hall–Kier alpha value is -0.670. The highest BCUT2D eigenvalue weighted by atomic mass is 32.2. The first kappa shape index (κ1) is 15.4. The average molecular weight is 267 g/mol. The van der Waals surface area contributed by atoms with E-state index in [1.807, 2.05) is 23.9 Å². The molecule has 0 bridgehead atoms. The van der Waals surface area contributed by atoms with Crippen LogP contribution in [-0.2, 0) is 0 Å². The lowest BCUT2D eigenvalue weighted by Gasteiger charge is -2.18. The molecule has 0 fully saturated rings. The number of nitrogens with one attached hydrogen (secondary N) is 1. The molecular weight excluding hydrogens is 242 g/mol. The molecule has 0 radical (unpaired) electrons. The molecule has 18 heavy (non-hydrogen) atoms. The van der Waals surface area contributed by atoms with E-state index in [1.165, 1.54) is 17.7 Å². The molecule has 2 unspecified atom stereocenters. The fourth-order valence-corrected chi connectivity index (χ4v) is 3.05. The molecule has 0 saturated heterocycles. The van der Waals surface area contributed by atoms with Gasteiger partial charge in [-0.2, -0.15) is 0 Å². The van der Waals surface area contributed by atoms with Crippen molar-refractivity contribution in [3.8, 4) is 5.75 Å². The van der Waals surface area contributed by atoms with E-state index in [1.54, 1.807) is 7.11 Å². The Kier molecular flexibility index (Phi) is 7.21. The van der Waals surface area contributed by atoms with Crippen LogP contribution in [-0.4, -0.2) is 24.9 Å². The molecule has 0 aliphatic rings. The van der Waals surface area contributed by atoms with E-state index < -0.39 is 0 Å². The quantitative estimate of drug-likeness (QED) is 0.721. The first-order chi connectivity index (χ1) is 8.65. The number of methoxy groups -OCH3 is 1. The Labute approximate surface area is 116 Å². The van der Waals surface area contributed by atoms with E-state index in [-0.39, 0.29) is 0 Å². The topological polar surface area (TPSA) is 21.3 Å². The lowest BCUT2D eigenvalue weighted by molar-refractivity contribution is 0.414.